The average Bonchev–Trinajstić information content (AvgIpc) is 2.89. The van der Waals surface area contributed by atoms with Crippen molar-refractivity contribution in [2.75, 3.05) is 12.4 Å². The van der Waals surface area contributed by atoms with Crippen LogP contribution in [0.15, 0.2) is 28.7 Å². The lowest BCUT2D eigenvalue weighted by Gasteiger charge is -2.14. The van der Waals surface area contributed by atoms with Crippen LogP contribution in [0.2, 0.25) is 0 Å². The van der Waals surface area contributed by atoms with Crippen LogP contribution < -0.4 is 5.32 Å². The van der Waals surface area contributed by atoms with Gasteiger partial charge in [-0.1, -0.05) is 47.5 Å². The molecule has 2 unspecified atom stereocenters. The Morgan fingerprint density at radius 2 is 2.32 bits per heavy atom. The van der Waals surface area contributed by atoms with Crippen molar-refractivity contribution in [3.05, 3.63) is 34.3 Å². The van der Waals surface area contributed by atoms with Gasteiger partial charge in [0.05, 0.1) is 12.0 Å². The molecule has 0 amide bonds. The zero-order valence-electron chi connectivity index (χ0n) is 10.9. The van der Waals surface area contributed by atoms with Gasteiger partial charge < -0.3 is 4.74 Å². The van der Waals surface area contributed by atoms with E-state index in [1.807, 2.05) is 18.2 Å². The van der Waals surface area contributed by atoms with E-state index in [-0.39, 0.29) is 17.4 Å². The van der Waals surface area contributed by atoms with Crippen molar-refractivity contribution in [2.24, 2.45) is 0 Å². The Kier molecular flexibility index (Phi) is 5.73. The monoisotopic (exact) mass is 343 g/mol. The van der Waals surface area contributed by atoms with Crippen molar-refractivity contribution in [2.45, 2.75) is 31.2 Å². The highest BCUT2D eigenvalue weighted by Gasteiger charge is 2.32. The number of carbonyl (C=O) groups is 1. The van der Waals surface area contributed by atoms with E-state index in [2.05, 4.69) is 34.2 Å². The number of esters is 1. The minimum absolute atomic E-state index is 0.129. The Morgan fingerprint density at radius 3 is 3.05 bits per heavy atom. The Labute approximate surface area is 126 Å². The standard InChI is InChI=1S/C14H18BrNO2S/c1-2-3-8-18-14(17)12-9-19-13(16-12)10-6-4-5-7-11(10)15/h4-7,12-13,16H,2-3,8-9H2,1H3. The number of hydrogen-bond donors (Lipinski definition) is 1. The molecule has 2 atom stereocenters. The summed E-state index contributed by atoms with van der Waals surface area (Å²) < 4.78 is 6.32. The fourth-order valence-electron chi connectivity index (χ4n) is 1.89. The summed E-state index contributed by atoms with van der Waals surface area (Å²) in [7, 11) is 0. The summed E-state index contributed by atoms with van der Waals surface area (Å²) in [5.41, 5.74) is 1.18. The third-order valence-electron chi connectivity index (χ3n) is 3.00. The Bertz CT molecular complexity index is 441. The molecule has 1 saturated heterocycles. The molecule has 0 radical (unpaired) electrons. The quantitative estimate of drug-likeness (QED) is 0.655. The van der Waals surface area contributed by atoms with Crippen molar-refractivity contribution in [3.8, 4) is 0 Å². The molecule has 1 fully saturated rings. The lowest BCUT2D eigenvalue weighted by molar-refractivity contribution is -0.145. The van der Waals surface area contributed by atoms with Gasteiger partial charge in [-0.05, 0) is 18.1 Å². The zero-order chi connectivity index (χ0) is 13.7. The van der Waals surface area contributed by atoms with Gasteiger partial charge in [-0.2, -0.15) is 0 Å². The second-order valence-electron chi connectivity index (χ2n) is 4.48. The van der Waals surface area contributed by atoms with Gasteiger partial charge >= 0.3 is 5.97 Å². The van der Waals surface area contributed by atoms with Crippen LogP contribution in [-0.2, 0) is 9.53 Å². The first-order valence-electron chi connectivity index (χ1n) is 6.51. The second kappa shape index (κ2) is 7.31. The minimum atomic E-state index is -0.195. The van der Waals surface area contributed by atoms with Crippen LogP contribution in [0.1, 0.15) is 30.7 Å². The topological polar surface area (TPSA) is 38.3 Å². The summed E-state index contributed by atoms with van der Waals surface area (Å²) in [5, 5.41) is 3.49. The molecule has 1 N–H and O–H groups in total. The zero-order valence-corrected chi connectivity index (χ0v) is 13.3. The molecule has 0 spiro atoms. The number of hydrogen-bond acceptors (Lipinski definition) is 4. The maximum Gasteiger partial charge on any atom is 0.324 e. The predicted molar refractivity (Wildman–Crippen MR) is 82.1 cm³/mol. The normalized spacial score (nSPS) is 22.4. The van der Waals surface area contributed by atoms with Crippen LogP contribution in [0.5, 0.6) is 0 Å². The summed E-state index contributed by atoms with van der Waals surface area (Å²) in [6, 6.07) is 7.89. The van der Waals surface area contributed by atoms with E-state index in [1.54, 1.807) is 11.8 Å². The number of nitrogens with one attached hydrogen (secondary N) is 1. The first-order valence-corrected chi connectivity index (χ1v) is 8.35. The third kappa shape index (κ3) is 3.97. The van der Waals surface area contributed by atoms with Crippen molar-refractivity contribution >= 4 is 33.7 Å². The highest BCUT2D eigenvalue weighted by molar-refractivity contribution is 9.10. The van der Waals surface area contributed by atoms with Gasteiger partial charge in [-0.25, -0.2) is 0 Å². The summed E-state index contributed by atoms with van der Waals surface area (Å²) >= 11 is 5.29. The fourth-order valence-corrected chi connectivity index (χ4v) is 3.82. The van der Waals surface area contributed by atoms with Crippen LogP contribution in [-0.4, -0.2) is 24.4 Å². The largest absolute Gasteiger partial charge is 0.465 e. The smallest absolute Gasteiger partial charge is 0.324 e. The van der Waals surface area contributed by atoms with Gasteiger partial charge in [0.25, 0.3) is 0 Å². The highest BCUT2D eigenvalue weighted by atomic mass is 79.9. The maximum absolute atomic E-state index is 11.9. The molecule has 5 heteroatoms. The number of rotatable bonds is 5. The van der Waals surface area contributed by atoms with E-state index in [9.17, 15) is 4.79 Å². The van der Waals surface area contributed by atoms with Crippen molar-refractivity contribution in [1.29, 1.82) is 0 Å². The first-order chi connectivity index (χ1) is 9.22. The lowest BCUT2D eigenvalue weighted by atomic mass is 10.2. The predicted octanol–water partition coefficient (Wildman–Crippen LogP) is 3.50. The molecule has 1 heterocycles. The molecule has 0 aliphatic carbocycles. The Morgan fingerprint density at radius 1 is 1.53 bits per heavy atom. The summed E-state index contributed by atoms with van der Waals surface area (Å²) in [6.07, 6.45) is 1.97. The fraction of sp³-hybridized carbons (Fsp3) is 0.500. The molecule has 0 aromatic heterocycles. The average molecular weight is 344 g/mol. The molecule has 0 bridgehead atoms. The van der Waals surface area contributed by atoms with Crippen LogP contribution in [0.4, 0.5) is 0 Å². The minimum Gasteiger partial charge on any atom is -0.465 e. The highest BCUT2D eigenvalue weighted by Crippen LogP contribution is 2.36. The van der Waals surface area contributed by atoms with Crippen molar-refractivity contribution in [3.63, 3.8) is 0 Å². The van der Waals surface area contributed by atoms with Gasteiger partial charge in [0.2, 0.25) is 0 Å². The first kappa shape index (κ1) is 14.9. The number of thioether (sulfide) groups is 1. The van der Waals surface area contributed by atoms with Crippen LogP contribution in [0.25, 0.3) is 0 Å². The van der Waals surface area contributed by atoms with Crippen molar-refractivity contribution < 1.29 is 9.53 Å². The number of benzene rings is 1. The maximum atomic E-state index is 11.9. The van der Waals surface area contributed by atoms with Crippen LogP contribution in [0, 0.1) is 0 Å². The molecular formula is C14H18BrNO2S. The lowest BCUT2D eigenvalue weighted by Crippen LogP contribution is -2.35. The molecule has 1 aromatic carbocycles. The van der Waals surface area contributed by atoms with Gasteiger partial charge in [0.1, 0.15) is 6.04 Å². The summed E-state index contributed by atoms with van der Waals surface area (Å²) in [6.45, 7) is 2.61. The van der Waals surface area contributed by atoms with Gasteiger partial charge in [-0.15, -0.1) is 11.8 Å². The van der Waals surface area contributed by atoms with E-state index >= 15 is 0 Å². The molecule has 2 rings (SSSR count). The molecule has 1 aromatic rings. The molecule has 1 aliphatic heterocycles. The molecule has 1 aliphatic rings. The SMILES string of the molecule is CCCCOC(=O)C1CSC(c2ccccc2Br)N1. The Hall–Kier alpha value is -0.520. The number of carbonyl (C=O) groups excluding carboxylic acids is 1. The third-order valence-corrected chi connectivity index (χ3v) is 4.97. The van der Waals surface area contributed by atoms with Crippen molar-refractivity contribution in [1.82, 2.24) is 5.32 Å². The van der Waals surface area contributed by atoms with E-state index in [1.165, 1.54) is 5.56 Å². The number of unbranched alkanes of at least 4 members (excludes halogenated alkanes) is 1. The number of halogens is 1. The van der Waals surface area contributed by atoms with Gasteiger partial charge in [0.15, 0.2) is 0 Å². The molecule has 104 valence electrons. The van der Waals surface area contributed by atoms with E-state index in [0.29, 0.717) is 6.61 Å². The van der Waals surface area contributed by atoms with Crippen LogP contribution >= 0.6 is 27.7 Å². The molecule has 19 heavy (non-hydrogen) atoms. The second-order valence-corrected chi connectivity index (χ2v) is 6.47. The van der Waals surface area contributed by atoms with E-state index in [4.69, 9.17) is 4.74 Å². The number of ether oxygens (including phenoxy) is 1. The summed E-state index contributed by atoms with van der Waals surface area (Å²) in [4.78, 5) is 11.9. The molecular weight excluding hydrogens is 326 g/mol. The van der Waals surface area contributed by atoms with E-state index in [0.717, 1.165) is 23.1 Å². The van der Waals surface area contributed by atoms with Gasteiger partial charge in [-0.3, -0.25) is 10.1 Å². The van der Waals surface area contributed by atoms with E-state index < -0.39 is 0 Å². The Balaban J connectivity index is 1.89. The molecule has 0 saturated carbocycles. The molecule has 3 nitrogen and oxygen atoms in total. The van der Waals surface area contributed by atoms with Gasteiger partial charge in [0, 0.05) is 10.2 Å². The summed E-state index contributed by atoms with van der Waals surface area (Å²) in [5.74, 6) is 0.632. The van der Waals surface area contributed by atoms with Crippen LogP contribution in [0.3, 0.4) is 0 Å².